The highest BCUT2D eigenvalue weighted by atomic mass is 35.5. The molecule has 1 aromatic heterocycles. The Morgan fingerprint density at radius 2 is 2.05 bits per heavy atom. The molecule has 1 aliphatic rings. The zero-order chi connectivity index (χ0) is 14.8. The van der Waals surface area contributed by atoms with Crippen LogP contribution in [-0.4, -0.2) is 29.8 Å². The van der Waals surface area contributed by atoms with Crippen molar-refractivity contribution in [2.75, 3.05) is 19.7 Å². The number of morpholine rings is 1. The van der Waals surface area contributed by atoms with Gasteiger partial charge in [0.05, 0.1) is 18.4 Å². The lowest BCUT2D eigenvalue weighted by molar-refractivity contribution is -0.0330. The lowest BCUT2D eigenvalue weighted by Gasteiger charge is -2.33. The van der Waals surface area contributed by atoms with E-state index in [1.54, 1.807) is 0 Å². The van der Waals surface area contributed by atoms with Gasteiger partial charge in [-0.3, -0.25) is 4.90 Å². The van der Waals surface area contributed by atoms with E-state index >= 15 is 0 Å². The van der Waals surface area contributed by atoms with Gasteiger partial charge in [-0.05, 0) is 31.5 Å². The highest BCUT2D eigenvalue weighted by Gasteiger charge is 2.23. The highest BCUT2D eigenvalue weighted by Crippen LogP contribution is 2.25. The molecule has 1 saturated heterocycles. The van der Waals surface area contributed by atoms with E-state index in [0.717, 1.165) is 42.7 Å². The summed E-state index contributed by atoms with van der Waals surface area (Å²) in [5.74, 6) is 0.905. The minimum absolute atomic E-state index is 0.0940. The number of ether oxygens (including phenoxy) is 1. The molecule has 0 N–H and O–H groups in total. The molecule has 1 aliphatic heterocycles. The van der Waals surface area contributed by atoms with Crippen LogP contribution < -0.4 is 0 Å². The predicted octanol–water partition coefficient (Wildman–Crippen LogP) is 3.52. The van der Waals surface area contributed by atoms with Crippen LogP contribution in [0.4, 0.5) is 0 Å². The molecular formula is C16H19ClN2O2. The summed E-state index contributed by atoms with van der Waals surface area (Å²) >= 11 is 5.94. The molecular weight excluding hydrogens is 288 g/mol. The number of rotatable bonds is 3. The summed E-state index contributed by atoms with van der Waals surface area (Å²) in [4.78, 5) is 2.38. The fourth-order valence-corrected chi connectivity index (χ4v) is 2.80. The summed E-state index contributed by atoms with van der Waals surface area (Å²) in [6, 6.07) is 7.89. The number of halogens is 1. The van der Waals surface area contributed by atoms with Crippen molar-refractivity contribution in [3.05, 3.63) is 51.9 Å². The van der Waals surface area contributed by atoms with Gasteiger partial charge in [-0.1, -0.05) is 28.9 Å². The van der Waals surface area contributed by atoms with Gasteiger partial charge >= 0.3 is 0 Å². The van der Waals surface area contributed by atoms with Crippen molar-refractivity contribution in [3.63, 3.8) is 0 Å². The van der Waals surface area contributed by atoms with E-state index in [1.165, 1.54) is 11.1 Å². The van der Waals surface area contributed by atoms with E-state index in [1.807, 2.05) is 38.1 Å². The standard InChI is InChI=1S/C16H19ClN2O2/c1-11-15(12(2)21-18-11)9-19-7-8-20-16(10-19)13-3-5-14(17)6-4-13/h3-6,16H,7-10H2,1-2H3/t16-/m0/s1. The van der Waals surface area contributed by atoms with Gasteiger partial charge < -0.3 is 9.26 Å². The molecule has 5 heteroatoms. The molecule has 0 bridgehead atoms. The van der Waals surface area contributed by atoms with E-state index in [9.17, 15) is 0 Å². The average Bonchev–Trinajstić information content (AvgIpc) is 2.80. The molecule has 1 fully saturated rings. The maximum Gasteiger partial charge on any atom is 0.138 e. The van der Waals surface area contributed by atoms with Crippen LogP contribution in [0.3, 0.4) is 0 Å². The van der Waals surface area contributed by atoms with Gasteiger partial charge in [0.25, 0.3) is 0 Å². The number of aromatic nitrogens is 1. The second kappa shape index (κ2) is 6.18. The zero-order valence-electron chi connectivity index (χ0n) is 12.3. The first-order chi connectivity index (χ1) is 10.1. The number of nitrogens with zero attached hydrogens (tertiary/aromatic N) is 2. The van der Waals surface area contributed by atoms with Gasteiger partial charge in [0.2, 0.25) is 0 Å². The number of aryl methyl sites for hydroxylation is 2. The highest BCUT2D eigenvalue weighted by molar-refractivity contribution is 6.30. The molecule has 2 heterocycles. The Balaban J connectivity index is 1.70. The molecule has 3 rings (SSSR count). The van der Waals surface area contributed by atoms with Crippen molar-refractivity contribution in [2.45, 2.75) is 26.5 Å². The third-order valence-corrected chi connectivity index (χ3v) is 4.21. The number of benzene rings is 1. The van der Waals surface area contributed by atoms with Crippen LogP contribution in [0.1, 0.15) is 28.7 Å². The Morgan fingerprint density at radius 3 is 2.71 bits per heavy atom. The molecule has 2 aromatic rings. The molecule has 0 spiro atoms. The SMILES string of the molecule is Cc1noc(C)c1CN1CCO[C@H](c2ccc(Cl)cc2)C1. The van der Waals surface area contributed by atoms with Crippen LogP contribution in [-0.2, 0) is 11.3 Å². The summed E-state index contributed by atoms with van der Waals surface area (Å²) < 4.78 is 11.1. The summed E-state index contributed by atoms with van der Waals surface area (Å²) in [5, 5.41) is 4.77. The predicted molar refractivity (Wildman–Crippen MR) is 81.4 cm³/mol. The summed E-state index contributed by atoms with van der Waals surface area (Å²) in [5.41, 5.74) is 3.33. The quantitative estimate of drug-likeness (QED) is 0.869. The summed E-state index contributed by atoms with van der Waals surface area (Å²) in [7, 11) is 0. The minimum Gasteiger partial charge on any atom is -0.371 e. The average molecular weight is 307 g/mol. The molecule has 1 aromatic carbocycles. The molecule has 21 heavy (non-hydrogen) atoms. The van der Waals surface area contributed by atoms with Gasteiger partial charge in [0.15, 0.2) is 0 Å². The summed E-state index contributed by atoms with van der Waals surface area (Å²) in [6.45, 7) is 7.33. The van der Waals surface area contributed by atoms with Crippen LogP contribution in [0, 0.1) is 13.8 Å². The Kier molecular flexibility index (Phi) is 4.29. The fourth-order valence-electron chi connectivity index (χ4n) is 2.68. The first-order valence-electron chi connectivity index (χ1n) is 7.14. The second-order valence-electron chi connectivity index (χ2n) is 5.45. The van der Waals surface area contributed by atoms with Crippen molar-refractivity contribution in [1.29, 1.82) is 0 Å². The van der Waals surface area contributed by atoms with Crippen molar-refractivity contribution in [2.24, 2.45) is 0 Å². The Bertz CT molecular complexity index is 590. The first-order valence-corrected chi connectivity index (χ1v) is 7.52. The largest absolute Gasteiger partial charge is 0.371 e. The second-order valence-corrected chi connectivity index (χ2v) is 5.89. The lowest BCUT2D eigenvalue weighted by Crippen LogP contribution is -2.38. The number of hydrogen-bond donors (Lipinski definition) is 0. The van der Waals surface area contributed by atoms with Crippen LogP contribution >= 0.6 is 11.6 Å². The molecule has 0 amide bonds. The van der Waals surface area contributed by atoms with E-state index in [4.69, 9.17) is 20.9 Å². The molecule has 0 radical (unpaired) electrons. The normalized spacial score (nSPS) is 19.9. The third kappa shape index (κ3) is 3.28. The smallest absolute Gasteiger partial charge is 0.138 e. The van der Waals surface area contributed by atoms with E-state index < -0.39 is 0 Å². The maximum absolute atomic E-state index is 5.94. The molecule has 112 valence electrons. The van der Waals surface area contributed by atoms with E-state index in [0.29, 0.717) is 0 Å². The van der Waals surface area contributed by atoms with Crippen molar-refractivity contribution >= 4 is 11.6 Å². The Morgan fingerprint density at radius 1 is 1.29 bits per heavy atom. The maximum atomic E-state index is 5.94. The van der Waals surface area contributed by atoms with Gasteiger partial charge in [-0.25, -0.2) is 0 Å². The van der Waals surface area contributed by atoms with Gasteiger partial charge in [0, 0.05) is 30.2 Å². The van der Waals surface area contributed by atoms with E-state index in [2.05, 4.69) is 10.1 Å². The summed E-state index contributed by atoms with van der Waals surface area (Å²) in [6.07, 6.45) is 0.0940. The molecule has 0 aliphatic carbocycles. The van der Waals surface area contributed by atoms with Gasteiger partial charge in [-0.15, -0.1) is 0 Å². The molecule has 4 nitrogen and oxygen atoms in total. The third-order valence-electron chi connectivity index (χ3n) is 3.96. The van der Waals surface area contributed by atoms with Gasteiger partial charge in [0.1, 0.15) is 5.76 Å². The molecule has 0 saturated carbocycles. The minimum atomic E-state index is 0.0940. The van der Waals surface area contributed by atoms with Crippen LogP contribution in [0.2, 0.25) is 5.02 Å². The van der Waals surface area contributed by atoms with Crippen molar-refractivity contribution < 1.29 is 9.26 Å². The molecule has 0 unspecified atom stereocenters. The van der Waals surface area contributed by atoms with Gasteiger partial charge in [-0.2, -0.15) is 0 Å². The lowest BCUT2D eigenvalue weighted by atomic mass is 10.1. The van der Waals surface area contributed by atoms with E-state index in [-0.39, 0.29) is 6.10 Å². The van der Waals surface area contributed by atoms with Crippen molar-refractivity contribution in [1.82, 2.24) is 10.1 Å². The first kappa shape index (κ1) is 14.6. The topological polar surface area (TPSA) is 38.5 Å². The Labute approximate surface area is 129 Å². The Hall–Kier alpha value is -1.36. The fraction of sp³-hybridized carbons (Fsp3) is 0.438. The number of hydrogen-bond acceptors (Lipinski definition) is 4. The van der Waals surface area contributed by atoms with Crippen LogP contribution in [0.5, 0.6) is 0 Å². The van der Waals surface area contributed by atoms with Crippen LogP contribution in [0.15, 0.2) is 28.8 Å². The zero-order valence-corrected chi connectivity index (χ0v) is 13.1. The molecule has 1 atom stereocenters. The van der Waals surface area contributed by atoms with Crippen molar-refractivity contribution in [3.8, 4) is 0 Å². The monoisotopic (exact) mass is 306 g/mol. The van der Waals surface area contributed by atoms with Crippen LogP contribution in [0.25, 0.3) is 0 Å².